The lowest BCUT2D eigenvalue weighted by atomic mass is 9.95. The van der Waals surface area contributed by atoms with E-state index < -0.39 is 0 Å². The Balaban J connectivity index is 1.61. The Morgan fingerprint density at radius 1 is 1.17 bits per heavy atom. The Morgan fingerprint density at radius 2 is 2.00 bits per heavy atom. The minimum absolute atomic E-state index is 0.323. The van der Waals surface area contributed by atoms with Crippen molar-refractivity contribution in [3.63, 3.8) is 0 Å². The smallest absolute Gasteiger partial charge is 0.129 e. The predicted octanol–water partition coefficient (Wildman–Crippen LogP) is 4.11. The van der Waals surface area contributed by atoms with Gasteiger partial charge in [-0.05, 0) is 48.2 Å². The van der Waals surface area contributed by atoms with E-state index in [2.05, 4.69) is 36.6 Å². The molecule has 8 nitrogen and oxygen atoms in total. The van der Waals surface area contributed by atoms with Crippen molar-refractivity contribution in [2.75, 3.05) is 36.4 Å². The number of anilines is 2. The first kappa shape index (κ1) is 19.5. The van der Waals surface area contributed by atoms with Crippen molar-refractivity contribution in [1.82, 2.24) is 15.3 Å². The van der Waals surface area contributed by atoms with Gasteiger partial charge in [0.2, 0.25) is 0 Å². The van der Waals surface area contributed by atoms with Gasteiger partial charge in [-0.15, -0.1) is 0 Å². The molecule has 1 aliphatic carbocycles. The van der Waals surface area contributed by atoms with E-state index in [1.54, 1.807) is 0 Å². The van der Waals surface area contributed by atoms with Gasteiger partial charge < -0.3 is 15.5 Å². The molecule has 0 bridgehead atoms. The lowest BCUT2D eigenvalue weighted by Gasteiger charge is -2.29. The molecule has 2 N–H and O–H groups in total. The second-order valence-electron chi connectivity index (χ2n) is 7.75. The fraction of sp³-hybridized carbons (Fsp3) is 0.524. The molecule has 0 aromatic carbocycles. The van der Waals surface area contributed by atoms with Gasteiger partial charge >= 0.3 is 0 Å². The summed E-state index contributed by atoms with van der Waals surface area (Å²) < 4.78 is 0. The maximum absolute atomic E-state index is 8.73. The minimum atomic E-state index is 0.323. The fourth-order valence-electron chi connectivity index (χ4n) is 4.10. The number of pyridine rings is 2. The molecule has 1 aliphatic heterocycles. The van der Waals surface area contributed by atoms with Gasteiger partial charge in [0.1, 0.15) is 11.6 Å². The lowest BCUT2D eigenvalue weighted by Crippen LogP contribution is -2.43. The fourth-order valence-corrected chi connectivity index (χ4v) is 4.10. The summed E-state index contributed by atoms with van der Waals surface area (Å²) in [6, 6.07) is 8.63. The van der Waals surface area contributed by atoms with Crippen LogP contribution >= 0.6 is 0 Å². The summed E-state index contributed by atoms with van der Waals surface area (Å²) in [6.45, 7) is 4.05. The number of azide groups is 1. The van der Waals surface area contributed by atoms with E-state index in [4.69, 9.17) is 10.5 Å². The topological polar surface area (TPSA) is 102 Å². The van der Waals surface area contributed by atoms with E-state index >= 15 is 0 Å². The van der Waals surface area contributed by atoms with Crippen LogP contribution in [0.15, 0.2) is 35.6 Å². The van der Waals surface area contributed by atoms with Crippen LogP contribution in [-0.4, -0.2) is 42.2 Å². The third-order valence-corrected chi connectivity index (χ3v) is 5.64. The van der Waals surface area contributed by atoms with Crippen LogP contribution in [0.25, 0.3) is 21.7 Å². The van der Waals surface area contributed by atoms with Crippen LogP contribution < -0.4 is 15.5 Å². The second kappa shape index (κ2) is 9.58. The summed E-state index contributed by atoms with van der Waals surface area (Å²) in [7, 11) is 0. The summed E-state index contributed by atoms with van der Waals surface area (Å²) in [5.74, 6) is 1.84. The summed E-state index contributed by atoms with van der Waals surface area (Å²) >= 11 is 0. The largest absolute Gasteiger partial charge is 0.367 e. The van der Waals surface area contributed by atoms with Crippen molar-refractivity contribution in [3.05, 3.63) is 46.5 Å². The van der Waals surface area contributed by atoms with E-state index in [-0.39, 0.29) is 0 Å². The molecule has 4 rings (SSSR count). The average molecular weight is 393 g/mol. The molecule has 2 aromatic heterocycles. The third kappa shape index (κ3) is 5.16. The summed E-state index contributed by atoms with van der Waals surface area (Å²) in [6.07, 6.45) is 8.16. The molecule has 2 fully saturated rings. The van der Waals surface area contributed by atoms with Gasteiger partial charge in [0.25, 0.3) is 0 Å². The number of rotatable bonds is 6. The zero-order chi connectivity index (χ0) is 19.9. The monoisotopic (exact) mass is 392 g/mol. The van der Waals surface area contributed by atoms with E-state index in [0.717, 1.165) is 54.6 Å². The molecule has 3 heterocycles. The van der Waals surface area contributed by atoms with Gasteiger partial charge in [0.05, 0.1) is 12.2 Å². The first-order valence-electron chi connectivity index (χ1n) is 10.5. The molecule has 0 spiro atoms. The highest BCUT2D eigenvalue weighted by Crippen LogP contribution is 2.27. The first-order valence-corrected chi connectivity index (χ1v) is 10.5. The molecule has 1 saturated carbocycles. The van der Waals surface area contributed by atoms with Crippen molar-refractivity contribution < 1.29 is 0 Å². The molecule has 29 heavy (non-hydrogen) atoms. The second-order valence-corrected chi connectivity index (χ2v) is 7.75. The molecular weight excluding hydrogens is 364 g/mol. The van der Waals surface area contributed by atoms with Crippen LogP contribution in [-0.2, 0) is 6.54 Å². The number of nitrogens with zero attached hydrogens (tertiary/aromatic N) is 6. The lowest BCUT2D eigenvalue weighted by molar-refractivity contribution is 0.462. The highest BCUT2D eigenvalue weighted by Gasteiger charge is 2.16. The Hall–Kier alpha value is -2.83. The number of hydrogen-bond donors (Lipinski definition) is 2. The van der Waals surface area contributed by atoms with E-state index in [9.17, 15) is 0 Å². The first-order chi connectivity index (χ1) is 14.3. The van der Waals surface area contributed by atoms with Crippen LogP contribution in [0.2, 0.25) is 0 Å². The molecule has 1 saturated heterocycles. The molecule has 8 heteroatoms. The van der Waals surface area contributed by atoms with Crippen LogP contribution in [0, 0.1) is 0 Å². The Kier molecular flexibility index (Phi) is 6.44. The summed E-state index contributed by atoms with van der Waals surface area (Å²) in [4.78, 5) is 14.6. The average Bonchev–Trinajstić information content (AvgIpc) is 2.79. The summed E-state index contributed by atoms with van der Waals surface area (Å²) in [5, 5.41) is 10.7. The zero-order valence-electron chi connectivity index (χ0n) is 16.7. The van der Waals surface area contributed by atoms with Crippen molar-refractivity contribution in [2.45, 2.75) is 44.7 Å². The maximum atomic E-state index is 8.73. The van der Waals surface area contributed by atoms with Gasteiger partial charge in [-0.2, -0.15) is 0 Å². The minimum Gasteiger partial charge on any atom is -0.367 e. The predicted molar refractivity (Wildman–Crippen MR) is 116 cm³/mol. The van der Waals surface area contributed by atoms with Gasteiger partial charge in [-0.3, -0.25) is 0 Å². The molecule has 2 aliphatic rings. The zero-order valence-corrected chi connectivity index (χ0v) is 16.7. The van der Waals surface area contributed by atoms with E-state index in [0.29, 0.717) is 12.6 Å². The van der Waals surface area contributed by atoms with Gasteiger partial charge in [-0.1, -0.05) is 24.4 Å². The molecule has 2 aromatic rings. The molecule has 0 unspecified atom stereocenters. The van der Waals surface area contributed by atoms with Crippen molar-refractivity contribution in [3.8, 4) is 11.3 Å². The van der Waals surface area contributed by atoms with Crippen molar-refractivity contribution in [2.24, 2.45) is 5.11 Å². The van der Waals surface area contributed by atoms with Crippen molar-refractivity contribution in [1.29, 1.82) is 0 Å². The normalized spacial score (nSPS) is 17.6. The molecule has 152 valence electrons. The van der Waals surface area contributed by atoms with Crippen LogP contribution in [0.1, 0.15) is 37.7 Å². The molecule has 0 radical (unpaired) electrons. The highest BCUT2D eigenvalue weighted by atomic mass is 15.2. The molecule has 0 atom stereocenters. The third-order valence-electron chi connectivity index (χ3n) is 5.64. The SMILES string of the molecule is [N-]=[N+]=NCc1cc(-c2ccnc(NC3CCCCC3)c2)nc(N2CCNCC2)c1. The quantitative estimate of drug-likeness (QED) is 0.438. The summed E-state index contributed by atoms with van der Waals surface area (Å²) in [5.41, 5.74) is 11.6. The Labute approximate surface area is 171 Å². The number of nitrogens with one attached hydrogen (secondary N) is 2. The Bertz CT molecular complexity index is 865. The van der Waals surface area contributed by atoms with Gasteiger partial charge in [-0.25, -0.2) is 9.97 Å². The highest BCUT2D eigenvalue weighted by molar-refractivity contribution is 5.66. The van der Waals surface area contributed by atoms with E-state index in [1.165, 1.54) is 32.1 Å². The van der Waals surface area contributed by atoms with Crippen molar-refractivity contribution >= 4 is 11.6 Å². The molecule has 0 amide bonds. The molecular formula is C21H28N8. The maximum Gasteiger partial charge on any atom is 0.129 e. The van der Waals surface area contributed by atoms with Gasteiger partial charge in [0.15, 0.2) is 0 Å². The number of piperazine rings is 1. The van der Waals surface area contributed by atoms with Crippen LogP contribution in [0.3, 0.4) is 0 Å². The standard InChI is InChI=1S/C21H28N8/c22-28-25-15-16-12-19(27-21(13-16)29-10-8-23-9-11-29)17-6-7-24-20(14-17)26-18-4-2-1-3-5-18/h6-7,12-14,18,23H,1-5,8-11,15H2,(H,24,26). The number of aromatic nitrogens is 2. The van der Waals surface area contributed by atoms with Gasteiger partial charge in [0, 0.05) is 48.9 Å². The number of hydrogen-bond acceptors (Lipinski definition) is 6. The Morgan fingerprint density at radius 3 is 2.79 bits per heavy atom. The van der Waals surface area contributed by atoms with Crippen LogP contribution in [0.4, 0.5) is 11.6 Å². The van der Waals surface area contributed by atoms with E-state index in [1.807, 2.05) is 24.4 Å². The van der Waals surface area contributed by atoms with Crippen LogP contribution in [0.5, 0.6) is 0 Å².